The number of hydrogen-bond acceptors (Lipinski definition) is 4. The van der Waals surface area contributed by atoms with Crippen molar-refractivity contribution in [3.63, 3.8) is 0 Å². The van der Waals surface area contributed by atoms with Crippen LogP contribution < -0.4 is 0 Å². The van der Waals surface area contributed by atoms with Gasteiger partial charge in [-0.1, -0.05) is 91.0 Å². The third kappa shape index (κ3) is 5.10. The minimum Gasteiger partial charge on any atom is -0.415 e. The molecule has 0 saturated carbocycles. The van der Waals surface area contributed by atoms with Gasteiger partial charge in [-0.2, -0.15) is 0 Å². The first-order chi connectivity index (χ1) is 16.2. The average Bonchev–Trinajstić information content (AvgIpc) is 3.36. The Morgan fingerprint density at radius 1 is 0.611 bits per heavy atom. The van der Waals surface area contributed by atoms with Crippen LogP contribution >= 0.6 is 0 Å². The first-order valence-corrected chi connectivity index (χ1v) is 12.1. The minimum atomic E-state index is -0.422. The third-order valence-corrected chi connectivity index (χ3v) is 6.51. The third-order valence-electron chi connectivity index (χ3n) is 6.51. The second-order valence-electron chi connectivity index (χ2n) is 11.8. The van der Waals surface area contributed by atoms with E-state index >= 15 is 0 Å². The summed E-state index contributed by atoms with van der Waals surface area (Å²) in [6.07, 6.45) is 6.28. The van der Waals surface area contributed by atoms with E-state index in [1.54, 1.807) is 0 Å². The van der Waals surface area contributed by atoms with Gasteiger partial charge in [0.15, 0.2) is 0 Å². The van der Waals surface area contributed by atoms with E-state index in [-0.39, 0.29) is 31.3 Å². The van der Waals surface area contributed by atoms with Crippen molar-refractivity contribution in [2.45, 2.75) is 85.5 Å². The molecule has 0 aliphatic carbocycles. The first kappa shape index (κ1) is 28.0. The maximum Gasteiger partial charge on any atom is 2.00 e. The maximum absolute atomic E-state index is 5.03. The van der Waals surface area contributed by atoms with Gasteiger partial charge in [-0.15, -0.1) is 0 Å². The second-order valence-corrected chi connectivity index (χ2v) is 11.8. The van der Waals surface area contributed by atoms with Crippen molar-refractivity contribution in [2.24, 2.45) is 0 Å². The molecular formula is C29H36N6Pd. The Morgan fingerprint density at radius 2 is 0.972 bits per heavy atom. The van der Waals surface area contributed by atoms with Crippen LogP contribution in [0.5, 0.6) is 0 Å². The normalized spacial score (nSPS) is 12.5. The molecule has 36 heavy (non-hydrogen) atoms. The standard InChI is InChI=1S/C29H36N6.Pd/c1-19-25(27(3,4)5)30-17-34(19)23-15-11-13-21(32-23)29(9,10)22-14-12-16-24(33-22)35-18-31-26(20(35)2)28(6,7)8;/h11-16H,1-10H3;/q-2;+2. The molecule has 7 heteroatoms. The van der Waals surface area contributed by atoms with Crippen LogP contribution in [-0.2, 0) is 36.7 Å². The number of hydrogen-bond donors (Lipinski definition) is 0. The molecule has 0 radical (unpaired) electrons. The van der Waals surface area contributed by atoms with Gasteiger partial charge >= 0.3 is 20.4 Å². The summed E-state index contributed by atoms with van der Waals surface area (Å²) in [4.78, 5) is 19.2. The van der Waals surface area contributed by atoms with Crippen LogP contribution in [0.15, 0.2) is 36.4 Å². The van der Waals surface area contributed by atoms with E-state index in [2.05, 4.69) is 104 Å². The first-order valence-electron chi connectivity index (χ1n) is 12.1. The summed E-state index contributed by atoms with van der Waals surface area (Å²) >= 11 is 0. The van der Waals surface area contributed by atoms with E-state index in [9.17, 15) is 0 Å². The topological polar surface area (TPSA) is 61.4 Å². The predicted molar refractivity (Wildman–Crippen MR) is 139 cm³/mol. The fraction of sp³-hybridized carbons (Fsp3) is 0.448. The number of nitrogens with zero attached hydrogens (tertiary/aromatic N) is 6. The zero-order valence-corrected chi connectivity index (χ0v) is 24.5. The molecular weight excluding hydrogens is 539 g/mol. The molecule has 0 bridgehead atoms. The van der Waals surface area contributed by atoms with Crippen LogP contribution in [0, 0.1) is 26.5 Å². The minimum absolute atomic E-state index is 0. The van der Waals surface area contributed by atoms with E-state index in [1.165, 1.54) is 0 Å². The Bertz CT molecular complexity index is 1260. The molecule has 0 N–H and O–H groups in total. The van der Waals surface area contributed by atoms with Crippen molar-refractivity contribution in [3.05, 3.63) is 83.2 Å². The molecule has 0 spiro atoms. The van der Waals surface area contributed by atoms with Crippen LogP contribution in [0.25, 0.3) is 11.6 Å². The summed E-state index contributed by atoms with van der Waals surface area (Å²) in [7, 11) is 0. The molecule has 0 aliphatic rings. The number of imidazole rings is 2. The van der Waals surface area contributed by atoms with Gasteiger partial charge in [-0.05, 0) is 48.2 Å². The van der Waals surface area contributed by atoms with Gasteiger partial charge in [0.2, 0.25) is 0 Å². The fourth-order valence-electron chi connectivity index (χ4n) is 4.51. The quantitative estimate of drug-likeness (QED) is 0.222. The monoisotopic (exact) mass is 574 g/mol. The molecule has 0 aromatic carbocycles. The molecule has 4 heterocycles. The summed E-state index contributed by atoms with van der Waals surface area (Å²) in [6, 6.07) is 12.2. The molecule has 0 fully saturated rings. The number of rotatable bonds is 4. The van der Waals surface area contributed by atoms with Crippen LogP contribution in [0.4, 0.5) is 0 Å². The molecule has 0 unspecified atom stereocenters. The zero-order valence-electron chi connectivity index (χ0n) is 23.0. The van der Waals surface area contributed by atoms with Crippen molar-refractivity contribution in [2.75, 3.05) is 0 Å². The Labute approximate surface area is 229 Å². The SMILES string of the molecule is Cc1c(C(C)(C)C)n[c-]n1-c1cccc(C(C)(C)c2cccc(-n3[c-]nc(C(C)(C)C)c3C)n2)n1.[Pd+2]. The summed E-state index contributed by atoms with van der Waals surface area (Å²) in [5, 5.41) is 0. The van der Waals surface area contributed by atoms with E-state index in [4.69, 9.17) is 9.97 Å². The molecule has 0 saturated heterocycles. The molecule has 192 valence electrons. The maximum atomic E-state index is 5.03. The predicted octanol–water partition coefficient (Wildman–Crippen LogP) is 5.98. The Kier molecular flexibility index (Phi) is 7.52. The van der Waals surface area contributed by atoms with Crippen molar-refractivity contribution in [1.82, 2.24) is 29.1 Å². The Morgan fingerprint density at radius 3 is 1.28 bits per heavy atom. The molecule has 0 aliphatic heterocycles. The summed E-state index contributed by atoms with van der Waals surface area (Å²) < 4.78 is 3.89. The van der Waals surface area contributed by atoms with Gasteiger partial charge in [-0.25, -0.2) is 0 Å². The van der Waals surface area contributed by atoms with Gasteiger partial charge < -0.3 is 19.1 Å². The van der Waals surface area contributed by atoms with Crippen molar-refractivity contribution in [3.8, 4) is 11.6 Å². The van der Waals surface area contributed by atoms with Crippen molar-refractivity contribution < 1.29 is 20.4 Å². The van der Waals surface area contributed by atoms with Gasteiger partial charge in [0, 0.05) is 29.5 Å². The molecule has 6 nitrogen and oxygen atoms in total. The number of aromatic nitrogens is 6. The molecule has 4 aromatic heterocycles. The fourth-order valence-corrected chi connectivity index (χ4v) is 4.51. The average molecular weight is 575 g/mol. The summed E-state index contributed by atoms with van der Waals surface area (Å²) in [5.74, 6) is 1.61. The Balaban J connectivity index is 0.00000361. The van der Waals surface area contributed by atoms with Crippen LogP contribution in [0.2, 0.25) is 0 Å². The summed E-state index contributed by atoms with van der Waals surface area (Å²) in [5.41, 5.74) is 5.50. The van der Waals surface area contributed by atoms with E-state index in [0.717, 1.165) is 45.8 Å². The molecule has 0 atom stereocenters. The largest absolute Gasteiger partial charge is 2.00 e. The van der Waals surface area contributed by atoms with Gasteiger partial charge in [0.25, 0.3) is 0 Å². The van der Waals surface area contributed by atoms with Gasteiger partial charge in [0.1, 0.15) is 0 Å². The van der Waals surface area contributed by atoms with Gasteiger partial charge in [-0.3, -0.25) is 9.97 Å². The zero-order chi connectivity index (χ0) is 25.8. The second kappa shape index (κ2) is 9.69. The van der Waals surface area contributed by atoms with Crippen molar-refractivity contribution in [1.29, 1.82) is 0 Å². The Hall–Kier alpha value is -2.62. The molecule has 4 rings (SSSR count). The van der Waals surface area contributed by atoms with Gasteiger partial charge in [0.05, 0.1) is 11.6 Å². The molecule has 0 amide bonds. The van der Waals surface area contributed by atoms with Crippen LogP contribution in [0.1, 0.15) is 89.6 Å². The summed E-state index contributed by atoms with van der Waals surface area (Å²) in [6.45, 7) is 21.4. The number of pyridine rings is 2. The van der Waals surface area contributed by atoms with E-state index in [1.807, 2.05) is 33.4 Å². The van der Waals surface area contributed by atoms with Crippen LogP contribution in [0.3, 0.4) is 0 Å². The smallest absolute Gasteiger partial charge is 0.415 e. The van der Waals surface area contributed by atoms with E-state index in [0.29, 0.717) is 0 Å². The van der Waals surface area contributed by atoms with Crippen LogP contribution in [-0.4, -0.2) is 29.1 Å². The van der Waals surface area contributed by atoms with Crippen molar-refractivity contribution >= 4 is 0 Å². The molecule has 4 aromatic rings. The van der Waals surface area contributed by atoms with E-state index < -0.39 is 5.41 Å².